The zero-order chi connectivity index (χ0) is 11.6. The molecule has 15 heavy (non-hydrogen) atoms. The Morgan fingerprint density at radius 3 is 2.07 bits per heavy atom. The van der Waals surface area contributed by atoms with E-state index in [2.05, 4.69) is 15.9 Å². The molecule has 0 bridgehead atoms. The summed E-state index contributed by atoms with van der Waals surface area (Å²) in [5.41, 5.74) is -0.301. The Balaban J connectivity index is 3.10. The Morgan fingerprint density at radius 2 is 1.67 bits per heavy atom. The molecular weight excluding hydrogens is 260 g/mol. The number of halogens is 1. The van der Waals surface area contributed by atoms with E-state index < -0.39 is 17.2 Å². The Hall–Kier alpha value is -1.16. The molecule has 1 aromatic rings. The third-order valence-corrected chi connectivity index (χ3v) is 2.86. The van der Waals surface area contributed by atoms with Gasteiger partial charge in [-0.15, -0.1) is 0 Å². The lowest BCUT2D eigenvalue weighted by atomic mass is 9.80. The second-order valence-corrected chi connectivity index (χ2v) is 4.68. The van der Waals surface area contributed by atoms with Gasteiger partial charge >= 0.3 is 5.97 Å². The van der Waals surface area contributed by atoms with Crippen LogP contribution < -0.4 is 0 Å². The number of benzene rings is 1. The molecule has 0 aliphatic heterocycles. The molecule has 1 aromatic carbocycles. The molecule has 0 atom stereocenters. The van der Waals surface area contributed by atoms with Crippen LogP contribution >= 0.6 is 15.9 Å². The fourth-order valence-corrected chi connectivity index (χ4v) is 1.53. The lowest BCUT2D eigenvalue weighted by Crippen LogP contribution is -2.34. The number of hydrogen-bond donors (Lipinski definition) is 1. The van der Waals surface area contributed by atoms with Gasteiger partial charge in [-0.1, -0.05) is 28.1 Å². The summed E-state index contributed by atoms with van der Waals surface area (Å²) in [5.74, 6) is -2.20. The van der Waals surface area contributed by atoms with Crippen LogP contribution in [0.2, 0.25) is 0 Å². The van der Waals surface area contributed by atoms with E-state index in [1.54, 1.807) is 38.1 Å². The summed E-state index contributed by atoms with van der Waals surface area (Å²) in [5, 5.41) is 8.67. The highest BCUT2D eigenvalue weighted by atomic mass is 79.9. The van der Waals surface area contributed by atoms with Gasteiger partial charge in [0.2, 0.25) is 5.78 Å². The maximum atomic E-state index is 11.4. The SMILES string of the molecule is CC(C)(C(=O)C(=O)O)c1ccc(Br)cc1. The van der Waals surface area contributed by atoms with Crippen LogP contribution in [0.4, 0.5) is 0 Å². The predicted molar refractivity (Wildman–Crippen MR) is 59.8 cm³/mol. The van der Waals surface area contributed by atoms with Gasteiger partial charge in [0.25, 0.3) is 0 Å². The molecular formula is C11H11BrO3. The van der Waals surface area contributed by atoms with Crippen LogP contribution in [0.15, 0.2) is 28.7 Å². The number of carbonyl (C=O) groups is 2. The van der Waals surface area contributed by atoms with Crippen molar-refractivity contribution < 1.29 is 14.7 Å². The smallest absolute Gasteiger partial charge is 0.373 e. The minimum Gasteiger partial charge on any atom is -0.475 e. The summed E-state index contributed by atoms with van der Waals surface area (Å²) in [4.78, 5) is 22.1. The number of rotatable bonds is 3. The molecule has 0 heterocycles. The molecule has 0 amide bonds. The number of aliphatic carboxylic acids is 1. The monoisotopic (exact) mass is 270 g/mol. The number of carboxylic acid groups (broad SMARTS) is 1. The van der Waals surface area contributed by atoms with Crippen molar-refractivity contribution in [2.45, 2.75) is 19.3 Å². The lowest BCUT2D eigenvalue weighted by molar-refractivity contribution is -0.151. The summed E-state index contributed by atoms with van der Waals surface area (Å²) in [7, 11) is 0. The predicted octanol–water partition coefficient (Wildman–Crippen LogP) is 2.38. The topological polar surface area (TPSA) is 54.4 Å². The van der Waals surface area contributed by atoms with Crippen molar-refractivity contribution in [2.75, 3.05) is 0 Å². The first-order valence-electron chi connectivity index (χ1n) is 4.39. The van der Waals surface area contributed by atoms with E-state index in [1.807, 2.05) is 0 Å². The first kappa shape index (κ1) is 11.9. The molecule has 0 aromatic heterocycles. The zero-order valence-electron chi connectivity index (χ0n) is 8.45. The minimum atomic E-state index is -1.40. The molecule has 80 valence electrons. The van der Waals surface area contributed by atoms with Crippen molar-refractivity contribution in [3.05, 3.63) is 34.3 Å². The van der Waals surface area contributed by atoms with Gasteiger partial charge in [0.15, 0.2) is 0 Å². The van der Waals surface area contributed by atoms with Crippen LogP contribution in [0.25, 0.3) is 0 Å². The molecule has 0 aliphatic carbocycles. The van der Waals surface area contributed by atoms with Crippen LogP contribution in [0, 0.1) is 0 Å². The van der Waals surface area contributed by atoms with Crippen LogP contribution in [-0.4, -0.2) is 16.9 Å². The van der Waals surface area contributed by atoms with E-state index in [-0.39, 0.29) is 0 Å². The van der Waals surface area contributed by atoms with Gasteiger partial charge in [-0.2, -0.15) is 0 Å². The fraction of sp³-hybridized carbons (Fsp3) is 0.273. The second-order valence-electron chi connectivity index (χ2n) is 3.77. The highest BCUT2D eigenvalue weighted by Gasteiger charge is 2.34. The Kier molecular flexibility index (Phi) is 3.29. The second kappa shape index (κ2) is 4.14. The van der Waals surface area contributed by atoms with Crippen LogP contribution in [0.3, 0.4) is 0 Å². The molecule has 0 saturated heterocycles. The first-order valence-corrected chi connectivity index (χ1v) is 5.19. The maximum Gasteiger partial charge on any atom is 0.373 e. The van der Waals surface area contributed by atoms with Gasteiger partial charge in [0, 0.05) is 4.47 Å². The lowest BCUT2D eigenvalue weighted by Gasteiger charge is -2.21. The van der Waals surface area contributed by atoms with Gasteiger partial charge < -0.3 is 5.11 Å². The van der Waals surface area contributed by atoms with Crippen molar-refractivity contribution in [1.29, 1.82) is 0 Å². The van der Waals surface area contributed by atoms with Gasteiger partial charge in [0.1, 0.15) is 0 Å². The summed E-state index contributed by atoms with van der Waals surface area (Å²) < 4.78 is 0.893. The van der Waals surface area contributed by atoms with E-state index in [9.17, 15) is 9.59 Å². The molecule has 3 nitrogen and oxygen atoms in total. The first-order chi connectivity index (χ1) is 6.85. The highest BCUT2D eigenvalue weighted by Crippen LogP contribution is 2.25. The standard InChI is InChI=1S/C11H11BrO3/c1-11(2,9(13)10(14)15)7-3-5-8(12)6-4-7/h3-6H,1-2H3,(H,14,15). The van der Waals surface area contributed by atoms with Gasteiger partial charge in [-0.3, -0.25) is 4.79 Å². The Morgan fingerprint density at radius 1 is 1.20 bits per heavy atom. The molecule has 0 unspecified atom stereocenters. The van der Waals surface area contributed by atoms with Gasteiger partial charge in [-0.05, 0) is 31.5 Å². The number of Topliss-reactive ketones (excluding diaryl/α,β-unsaturated/α-hetero) is 1. The molecule has 4 heteroatoms. The van der Waals surface area contributed by atoms with E-state index in [0.717, 1.165) is 4.47 Å². The van der Waals surface area contributed by atoms with Crippen molar-refractivity contribution in [2.24, 2.45) is 0 Å². The fourth-order valence-electron chi connectivity index (χ4n) is 1.26. The quantitative estimate of drug-likeness (QED) is 0.859. The molecule has 1 N–H and O–H groups in total. The number of ketones is 1. The average Bonchev–Trinajstić information content (AvgIpc) is 2.17. The van der Waals surface area contributed by atoms with Gasteiger partial charge in [-0.25, -0.2) is 4.79 Å². The Bertz CT molecular complexity index is 393. The molecule has 1 rings (SSSR count). The largest absolute Gasteiger partial charge is 0.475 e. The number of carboxylic acids is 1. The number of carbonyl (C=O) groups excluding carboxylic acids is 1. The highest BCUT2D eigenvalue weighted by molar-refractivity contribution is 9.10. The third-order valence-electron chi connectivity index (χ3n) is 2.33. The van der Waals surface area contributed by atoms with Crippen molar-refractivity contribution in [3.63, 3.8) is 0 Å². The molecule has 0 fully saturated rings. The zero-order valence-corrected chi connectivity index (χ0v) is 10.0. The molecule has 0 aliphatic rings. The van der Waals surface area contributed by atoms with E-state index in [4.69, 9.17) is 5.11 Å². The minimum absolute atomic E-state index is 0.693. The van der Waals surface area contributed by atoms with Crippen LogP contribution in [-0.2, 0) is 15.0 Å². The summed E-state index contributed by atoms with van der Waals surface area (Å²) >= 11 is 3.28. The van der Waals surface area contributed by atoms with E-state index in [0.29, 0.717) is 5.56 Å². The summed E-state index contributed by atoms with van der Waals surface area (Å²) in [6.07, 6.45) is 0. The maximum absolute atomic E-state index is 11.4. The summed E-state index contributed by atoms with van der Waals surface area (Å²) in [6.45, 7) is 3.21. The molecule has 0 saturated carbocycles. The van der Waals surface area contributed by atoms with Crippen molar-refractivity contribution >= 4 is 27.7 Å². The van der Waals surface area contributed by atoms with Crippen LogP contribution in [0.5, 0.6) is 0 Å². The van der Waals surface area contributed by atoms with Crippen molar-refractivity contribution in [1.82, 2.24) is 0 Å². The van der Waals surface area contributed by atoms with Gasteiger partial charge in [0.05, 0.1) is 5.41 Å². The molecule has 0 spiro atoms. The average molecular weight is 271 g/mol. The van der Waals surface area contributed by atoms with Crippen molar-refractivity contribution in [3.8, 4) is 0 Å². The van der Waals surface area contributed by atoms with E-state index in [1.165, 1.54) is 0 Å². The normalized spacial score (nSPS) is 11.1. The Labute approximate surface area is 96.2 Å². The third kappa shape index (κ3) is 2.45. The summed E-state index contributed by atoms with van der Waals surface area (Å²) in [6, 6.07) is 7.05. The molecule has 0 radical (unpaired) electrons. The number of hydrogen-bond acceptors (Lipinski definition) is 2. The van der Waals surface area contributed by atoms with Crippen LogP contribution in [0.1, 0.15) is 19.4 Å². The van der Waals surface area contributed by atoms with E-state index >= 15 is 0 Å².